The highest BCUT2D eigenvalue weighted by Crippen LogP contribution is 2.31. The Bertz CT molecular complexity index is 610. The third-order valence-electron chi connectivity index (χ3n) is 5.03. The van der Waals surface area contributed by atoms with Gasteiger partial charge >= 0.3 is 0 Å². The summed E-state index contributed by atoms with van der Waals surface area (Å²) in [5.74, 6) is -0.113. The topological polar surface area (TPSA) is 78.4 Å². The number of benzene rings is 1. The standard InChI is InChI=1S/C19H26N2O3/c1-12(22)17(21-18(23)14-9-10-14)19(24)20-11-15-7-4-6-13-5-2-3-8-16(13)15/h2-3,5,8,12,14-15,17,22H,4,6-7,9-11H2,1H3,(H,20,24)(H,21,23). The third kappa shape index (κ3) is 3.96. The number of amides is 2. The van der Waals surface area contributed by atoms with Gasteiger partial charge in [0.05, 0.1) is 6.10 Å². The van der Waals surface area contributed by atoms with Gasteiger partial charge in [0.1, 0.15) is 6.04 Å². The van der Waals surface area contributed by atoms with Crippen LogP contribution < -0.4 is 10.6 Å². The minimum atomic E-state index is -0.911. The van der Waals surface area contributed by atoms with Crippen molar-refractivity contribution in [3.05, 3.63) is 35.4 Å². The highest BCUT2D eigenvalue weighted by atomic mass is 16.3. The number of aliphatic hydroxyl groups excluding tert-OH is 1. The molecule has 1 aromatic rings. The van der Waals surface area contributed by atoms with Gasteiger partial charge in [-0.3, -0.25) is 9.59 Å². The maximum atomic E-state index is 12.4. The van der Waals surface area contributed by atoms with Crippen molar-refractivity contribution in [3.63, 3.8) is 0 Å². The molecule has 2 amide bonds. The van der Waals surface area contributed by atoms with Crippen LogP contribution in [0.3, 0.4) is 0 Å². The Morgan fingerprint density at radius 1 is 1.25 bits per heavy atom. The zero-order valence-electron chi connectivity index (χ0n) is 14.1. The first-order valence-electron chi connectivity index (χ1n) is 8.90. The number of carbonyl (C=O) groups is 2. The predicted molar refractivity (Wildman–Crippen MR) is 91.5 cm³/mol. The van der Waals surface area contributed by atoms with E-state index in [1.54, 1.807) is 0 Å². The van der Waals surface area contributed by atoms with Crippen LogP contribution in [0.1, 0.15) is 49.7 Å². The second kappa shape index (κ2) is 7.34. The van der Waals surface area contributed by atoms with Crippen molar-refractivity contribution in [1.82, 2.24) is 10.6 Å². The minimum Gasteiger partial charge on any atom is -0.391 e. The first-order chi connectivity index (χ1) is 11.6. The maximum Gasteiger partial charge on any atom is 0.245 e. The lowest BCUT2D eigenvalue weighted by Crippen LogP contribution is -2.53. The number of rotatable bonds is 6. The van der Waals surface area contributed by atoms with Gasteiger partial charge in [-0.05, 0) is 50.2 Å². The fourth-order valence-electron chi connectivity index (χ4n) is 3.42. The van der Waals surface area contributed by atoms with Crippen molar-refractivity contribution >= 4 is 11.8 Å². The predicted octanol–water partition coefficient (Wildman–Crippen LogP) is 1.50. The molecule has 5 nitrogen and oxygen atoms in total. The molecule has 0 saturated heterocycles. The Balaban J connectivity index is 1.58. The van der Waals surface area contributed by atoms with Crippen LogP contribution in [0.15, 0.2) is 24.3 Å². The molecule has 3 atom stereocenters. The van der Waals surface area contributed by atoms with Crippen LogP contribution in [-0.2, 0) is 16.0 Å². The molecule has 0 aromatic heterocycles. The zero-order valence-corrected chi connectivity index (χ0v) is 14.1. The Labute approximate surface area is 142 Å². The van der Waals surface area contributed by atoms with E-state index in [1.807, 2.05) is 6.07 Å². The average molecular weight is 330 g/mol. The molecule has 0 bridgehead atoms. The van der Waals surface area contributed by atoms with Gasteiger partial charge in [-0.15, -0.1) is 0 Å². The van der Waals surface area contributed by atoms with Crippen LogP contribution in [0, 0.1) is 5.92 Å². The van der Waals surface area contributed by atoms with Crippen LogP contribution >= 0.6 is 0 Å². The van der Waals surface area contributed by atoms with Crippen molar-refractivity contribution in [2.24, 2.45) is 5.92 Å². The van der Waals surface area contributed by atoms with Crippen LogP contribution in [0.2, 0.25) is 0 Å². The smallest absolute Gasteiger partial charge is 0.245 e. The van der Waals surface area contributed by atoms with Gasteiger partial charge in [-0.25, -0.2) is 0 Å². The lowest BCUT2D eigenvalue weighted by Gasteiger charge is -2.27. The molecule has 1 saturated carbocycles. The van der Waals surface area contributed by atoms with Gasteiger partial charge in [0.2, 0.25) is 11.8 Å². The largest absolute Gasteiger partial charge is 0.391 e. The SMILES string of the molecule is CC(O)C(NC(=O)C1CC1)C(=O)NCC1CCCc2ccccc21. The minimum absolute atomic E-state index is 0.0178. The molecule has 0 heterocycles. The quantitative estimate of drug-likeness (QED) is 0.739. The summed E-state index contributed by atoms with van der Waals surface area (Å²) in [4.78, 5) is 24.3. The van der Waals surface area contributed by atoms with Gasteiger partial charge in [-0.2, -0.15) is 0 Å². The molecule has 1 aromatic carbocycles. The van der Waals surface area contributed by atoms with E-state index in [9.17, 15) is 14.7 Å². The molecular weight excluding hydrogens is 304 g/mol. The lowest BCUT2D eigenvalue weighted by atomic mass is 9.83. The number of carbonyl (C=O) groups excluding carboxylic acids is 2. The molecule has 0 radical (unpaired) electrons. The Hall–Kier alpha value is -1.88. The van der Waals surface area contributed by atoms with Crippen molar-refractivity contribution < 1.29 is 14.7 Å². The average Bonchev–Trinajstić information content (AvgIpc) is 3.42. The molecule has 24 heavy (non-hydrogen) atoms. The first-order valence-corrected chi connectivity index (χ1v) is 8.90. The summed E-state index contributed by atoms with van der Waals surface area (Å²) < 4.78 is 0. The van der Waals surface area contributed by atoms with Gasteiger partial charge in [-0.1, -0.05) is 24.3 Å². The number of aliphatic hydroxyl groups is 1. The van der Waals surface area contributed by atoms with Crippen molar-refractivity contribution in [2.75, 3.05) is 6.54 Å². The lowest BCUT2D eigenvalue weighted by molar-refractivity contribution is -0.132. The normalized spacial score (nSPS) is 22.2. The fraction of sp³-hybridized carbons (Fsp3) is 0.579. The second-order valence-corrected chi connectivity index (χ2v) is 7.03. The van der Waals surface area contributed by atoms with Crippen molar-refractivity contribution in [2.45, 2.75) is 57.1 Å². The molecule has 5 heteroatoms. The Morgan fingerprint density at radius 3 is 2.71 bits per heavy atom. The molecule has 3 N–H and O–H groups in total. The van der Waals surface area contributed by atoms with Gasteiger partial charge in [0.25, 0.3) is 0 Å². The molecule has 1 fully saturated rings. The maximum absolute atomic E-state index is 12.4. The molecule has 2 aliphatic rings. The van der Waals surface area contributed by atoms with Gasteiger partial charge in [0.15, 0.2) is 0 Å². The molecule has 130 valence electrons. The van der Waals surface area contributed by atoms with Gasteiger partial charge in [0, 0.05) is 18.4 Å². The van der Waals surface area contributed by atoms with E-state index in [0.717, 1.165) is 32.1 Å². The van der Waals surface area contributed by atoms with Gasteiger partial charge < -0.3 is 15.7 Å². The summed E-state index contributed by atoms with van der Waals surface area (Å²) >= 11 is 0. The molecule has 0 aliphatic heterocycles. The molecule has 3 unspecified atom stereocenters. The number of fused-ring (bicyclic) bond motifs is 1. The third-order valence-corrected chi connectivity index (χ3v) is 5.03. The second-order valence-electron chi connectivity index (χ2n) is 7.03. The van der Waals surface area contributed by atoms with E-state index in [-0.39, 0.29) is 17.7 Å². The summed E-state index contributed by atoms with van der Waals surface area (Å²) in [6.45, 7) is 2.08. The summed E-state index contributed by atoms with van der Waals surface area (Å²) in [7, 11) is 0. The number of hydrogen-bond donors (Lipinski definition) is 3. The zero-order chi connectivity index (χ0) is 17.1. The molecule has 0 spiro atoms. The molecule has 2 aliphatic carbocycles. The van der Waals surface area contributed by atoms with E-state index in [1.165, 1.54) is 18.1 Å². The highest BCUT2D eigenvalue weighted by molar-refractivity contribution is 5.89. The molecular formula is C19H26N2O3. The number of hydrogen-bond acceptors (Lipinski definition) is 3. The molecule has 3 rings (SSSR count). The monoisotopic (exact) mass is 330 g/mol. The van der Waals surface area contributed by atoms with Crippen LogP contribution in [-0.4, -0.2) is 35.6 Å². The van der Waals surface area contributed by atoms with Crippen molar-refractivity contribution in [3.8, 4) is 0 Å². The Kier molecular flexibility index (Phi) is 5.19. The fourth-order valence-corrected chi connectivity index (χ4v) is 3.42. The first kappa shape index (κ1) is 17.0. The summed E-state index contributed by atoms with van der Waals surface area (Å²) in [5.41, 5.74) is 2.66. The van der Waals surface area contributed by atoms with Crippen molar-refractivity contribution in [1.29, 1.82) is 0 Å². The number of aryl methyl sites for hydroxylation is 1. The van der Waals surface area contributed by atoms with Crippen LogP contribution in [0.25, 0.3) is 0 Å². The van der Waals surface area contributed by atoms with E-state index < -0.39 is 12.1 Å². The van der Waals surface area contributed by atoms with Crippen LogP contribution in [0.5, 0.6) is 0 Å². The summed E-state index contributed by atoms with van der Waals surface area (Å²) in [6, 6.07) is 7.49. The van der Waals surface area contributed by atoms with E-state index in [4.69, 9.17) is 0 Å². The highest BCUT2D eigenvalue weighted by Gasteiger charge is 2.34. The summed E-state index contributed by atoms with van der Waals surface area (Å²) in [5, 5.41) is 15.5. The van der Waals surface area contributed by atoms with Crippen LogP contribution in [0.4, 0.5) is 0 Å². The van der Waals surface area contributed by atoms with E-state index in [0.29, 0.717) is 12.5 Å². The Morgan fingerprint density at radius 2 is 2.00 bits per heavy atom. The summed E-state index contributed by atoms with van der Waals surface area (Å²) in [6.07, 6.45) is 4.10. The van der Waals surface area contributed by atoms with E-state index in [2.05, 4.69) is 28.8 Å². The van der Waals surface area contributed by atoms with E-state index >= 15 is 0 Å². The number of nitrogens with one attached hydrogen (secondary N) is 2.